The number of aromatic nitrogens is 3. The Morgan fingerprint density at radius 3 is 0.574 bits per heavy atom. The monoisotopic (exact) mass is 825 g/mol. The maximum atomic E-state index is 15.1. The minimum atomic E-state index is -3.85. The summed E-state index contributed by atoms with van der Waals surface area (Å²) in [5, 5.41) is 0. The molecular weight excluding hydrogens is 751 g/mol. The fraction of sp³-hybridized carbons (Fsp3) is 0.917. The molecule has 1 aromatic rings. The van der Waals surface area contributed by atoms with E-state index in [0.717, 1.165) is 13.7 Å². The van der Waals surface area contributed by atoms with Crippen molar-refractivity contribution in [2.75, 3.05) is 59.5 Å². The van der Waals surface area contributed by atoms with Crippen molar-refractivity contribution in [2.24, 2.45) is 0 Å². The number of hydrogen-bond acceptors (Lipinski definition) is 12. The van der Waals surface area contributed by atoms with Crippen LogP contribution in [0.2, 0.25) is 0 Å². The summed E-state index contributed by atoms with van der Waals surface area (Å²) in [6, 6.07) is 0. The lowest BCUT2D eigenvalue weighted by Gasteiger charge is -2.38. The average molecular weight is 826 g/mol. The predicted octanol–water partition coefficient (Wildman–Crippen LogP) is 6.13. The van der Waals surface area contributed by atoms with E-state index >= 15 is 14.4 Å². The molecule has 1 aromatic heterocycles. The van der Waals surface area contributed by atoms with Crippen LogP contribution in [0.3, 0.4) is 0 Å². The van der Waals surface area contributed by atoms with E-state index in [1.165, 1.54) is 0 Å². The van der Waals surface area contributed by atoms with Gasteiger partial charge in [-0.2, -0.15) is 0 Å². The zero-order valence-corrected chi connectivity index (χ0v) is 38.7. The second-order valence-corrected chi connectivity index (χ2v) is 22.2. The largest absolute Gasteiger partial charge is 0.525 e. The van der Waals surface area contributed by atoms with Crippen molar-refractivity contribution in [1.82, 2.24) is 13.7 Å². The maximum absolute atomic E-state index is 15.1. The first-order valence-electron chi connectivity index (χ1n) is 20.6. The van der Waals surface area contributed by atoms with Crippen molar-refractivity contribution in [1.29, 1.82) is 0 Å². The Labute approximate surface area is 328 Å². The summed E-state index contributed by atoms with van der Waals surface area (Å²) in [6.45, 7) is 25.3. The fourth-order valence-electron chi connectivity index (χ4n) is 5.72. The van der Waals surface area contributed by atoms with Crippen molar-refractivity contribution < 1.29 is 39.8 Å². The molecular formula is C36H75N3O12Si3. The predicted molar refractivity (Wildman–Crippen MR) is 217 cm³/mol. The fourth-order valence-corrected chi connectivity index (χ4v) is 14.7. The summed E-state index contributed by atoms with van der Waals surface area (Å²) in [5.74, 6) is 0. The Morgan fingerprint density at radius 1 is 0.333 bits per heavy atom. The highest BCUT2D eigenvalue weighted by atomic mass is 28.4. The normalized spacial score (nSPS) is 14.4. The van der Waals surface area contributed by atoms with E-state index in [4.69, 9.17) is 39.8 Å². The SMILES string of the molecule is CCCO[Si](OCCC)(OCCC)C(C)n1c(=O)n(C(C)[Si](OCCC)(OCCC)OCCC)c(=O)n(C(C)[Si](OCCC)(OCCC)OCCC)c1=O. The lowest BCUT2D eigenvalue weighted by Crippen LogP contribution is -2.67. The van der Waals surface area contributed by atoms with Gasteiger partial charge in [0.25, 0.3) is 0 Å². The zero-order chi connectivity index (χ0) is 40.8. The van der Waals surface area contributed by atoms with Crippen LogP contribution in [0.4, 0.5) is 0 Å². The van der Waals surface area contributed by atoms with Crippen LogP contribution < -0.4 is 17.1 Å². The van der Waals surface area contributed by atoms with E-state index in [0.29, 0.717) is 57.8 Å². The van der Waals surface area contributed by atoms with Crippen molar-refractivity contribution in [3.8, 4) is 0 Å². The Hall–Kier alpha value is -1.30. The molecule has 0 N–H and O–H groups in total. The van der Waals surface area contributed by atoms with E-state index in [1.807, 2.05) is 62.3 Å². The summed E-state index contributed by atoms with van der Waals surface area (Å²) >= 11 is 0. The van der Waals surface area contributed by atoms with Gasteiger partial charge in [0.05, 0.1) is 0 Å². The van der Waals surface area contributed by atoms with Crippen molar-refractivity contribution in [3.05, 3.63) is 31.5 Å². The molecule has 0 fully saturated rings. The van der Waals surface area contributed by atoms with E-state index in [9.17, 15) is 0 Å². The van der Waals surface area contributed by atoms with Crippen LogP contribution in [-0.2, 0) is 39.8 Å². The molecule has 0 spiro atoms. The molecule has 3 atom stereocenters. The molecule has 0 radical (unpaired) electrons. The minimum Gasteiger partial charge on any atom is -0.372 e. The molecule has 0 amide bonds. The molecule has 318 valence electrons. The summed E-state index contributed by atoms with van der Waals surface area (Å²) in [4.78, 5) is 45.3. The van der Waals surface area contributed by atoms with E-state index < -0.39 is 60.5 Å². The van der Waals surface area contributed by atoms with Crippen molar-refractivity contribution in [2.45, 2.75) is 158 Å². The third kappa shape index (κ3) is 13.1. The summed E-state index contributed by atoms with van der Waals surface area (Å²) < 4.78 is 61.3. The van der Waals surface area contributed by atoms with Crippen LogP contribution in [0, 0.1) is 0 Å². The van der Waals surface area contributed by atoms with Gasteiger partial charge in [0, 0.05) is 59.5 Å². The van der Waals surface area contributed by atoms with Crippen molar-refractivity contribution >= 4 is 26.4 Å². The van der Waals surface area contributed by atoms with Crippen molar-refractivity contribution in [3.63, 3.8) is 0 Å². The van der Waals surface area contributed by atoms with Gasteiger partial charge in [-0.15, -0.1) is 0 Å². The van der Waals surface area contributed by atoms with Gasteiger partial charge in [-0.1, -0.05) is 62.3 Å². The van der Waals surface area contributed by atoms with E-state index in [2.05, 4.69) is 0 Å². The van der Waals surface area contributed by atoms with Crippen LogP contribution in [0.15, 0.2) is 14.4 Å². The maximum Gasteiger partial charge on any atom is 0.525 e. The van der Waals surface area contributed by atoms with Gasteiger partial charge >= 0.3 is 43.5 Å². The molecule has 0 aliphatic carbocycles. The second-order valence-electron chi connectivity index (χ2n) is 13.4. The van der Waals surface area contributed by atoms with Crippen LogP contribution in [0.5, 0.6) is 0 Å². The van der Waals surface area contributed by atoms with Gasteiger partial charge in [-0.05, 0) is 78.6 Å². The van der Waals surface area contributed by atoms with E-state index in [-0.39, 0.29) is 59.5 Å². The number of rotatable bonds is 33. The molecule has 18 heteroatoms. The highest BCUT2D eigenvalue weighted by Gasteiger charge is 2.55. The highest BCUT2D eigenvalue weighted by Crippen LogP contribution is 2.29. The molecule has 3 unspecified atom stereocenters. The Balaban J connectivity index is 4.61. The van der Waals surface area contributed by atoms with Crippen LogP contribution in [-0.4, -0.2) is 99.6 Å². The molecule has 0 aliphatic heterocycles. The van der Waals surface area contributed by atoms with Crippen LogP contribution in [0.25, 0.3) is 0 Å². The van der Waals surface area contributed by atoms with Gasteiger partial charge in [0.1, 0.15) is 17.0 Å². The Bertz CT molecular complexity index is 1090. The standard InChI is InChI=1S/C36H75N3O12Si3/c1-13-22-43-52(44-23-14-2,45-24-15-3)31(10)37-34(40)38(32(11)53(46-25-16-4,47-26-17-5)48-27-18-6)36(42)39(35(37)41)33(12)54(49-28-19-7,50-29-20-8)51-30-21-9/h31-33H,13-30H2,1-12H3. The molecule has 0 aliphatic rings. The first kappa shape index (κ1) is 50.7. The lowest BCUT2D eigenvalue weighted by molar-refractivity contribution is 0.0370. The Morgan fingerprint density at radius 2 is 0.463 bits per heavy atom. The molecule has 0 bridgehead atoms. The van der Waals surface area contributed by atoms with Gasteiger partial charge < -0.3 is 39.8 Å². The average Bonchev–Trinajstić information content (AvgIpc) is 3.17. The second kappa shape index (κ2) is 26.6. The number of nitrogens with zero attached hydrogens (tertiary/aromatic N) is 3. The molecule has 1 heterocycles. The number of hydrogen-bond donors (Lipinski definition) is 0. The molecule has 54 heavy (non-hydrogen) atoms. The smallest absolute Gasteiger partial charge is 0.372 e. The third-order valence-electron chi connectivity index (χ3n) is 8.50. The zero-order valence-electron chi connectivity index (χ0n) is 35.7. The van der Waals surface area contributed by atoms with Crippen LogP contribution in [0.1, 0.15) is 158 Å². The first-order valence-corrected chi connectivity index (χ1v) is 26.0. The highest BCUT2D eigenvalue weighted by molar-refractivity contribution is 6.62. The molecule has 1 rings (SSSR count). The summed E-state index contributed by atoms with van der Waals surface area (Å²) in [7, 11) is -11.5. The van der Waals surface area contributed by atoms with Gasteiger partial charge in [0.15, 0.2) is 0 Å². The van der Waals surface area contributed by atoms with Crippen LogP contribution >= 0.6 is 0 Å². The van der Waals surface area contributed by atoms with Gasteiger partial charge in [-0.25, -0.2) is 28.1 Å². The topological polar surface area (TPSA) is 149 Å². The quantitative estimate of drug-likeness (QED) is 0.0751. The lowest BCUT2D eigenvalue weighted by atomic mass is 10.5. The molecule has 15 nitrogen and oxygen atoms in total. The molecule has 0 aromatic carbocycles. The summed E-state index contributed by atoms with van der Waals surface area (Å²) in [5.41, 5.74) is -5.72. The summed E-state index contributed by atoms with van der Waals surface area (Å²) in [6.07, 6.45) is 5.86. The molecule has 0 saturated heterocycles. The van der Waals surface area contributed by atoms with E-state index in [1.54, 1.807) is 20.8 Å². The minimum absolute atomic E-state index is 0.284. The molecule has 0 saturated carbocycles. The van der Waals surface area contributed by atoms with Gasteiger partial charge in [0.2, 0.25) is 0 Å². The van der Waals surface area contributed by atoms with Gasteiger partial charge in [-0.3, -0.25) is 0 Å². The first-order chi connectivity index (χ1) is 25.9. The third-order valence-corrected chi connectivity index (χ3v) is 17.8. The Kier molecular flexibility index (Phi) is 25.0.